The van der Waals surface area contributed by atoms with Crippen LogP contribution in [0, 0.1) is 0 Å². The highest BCUT2D eigenvalue weighted by Gasteiger charge is 2.04. The van der Waals surface area contributed by atoms with Crippen molar-refractivity contribution in [3.63, 3.8) is 0 Å². The fourth-order valence-electron chi connectivity index (χ4n) is 1.34. The first kappa shape index (κ1) is 12.3. The first-order valence-electron chi connectivity index (χ1n) is 4.87. The number of nitrogens with two attached hydrogens (primary N) is 1. The monoisotopic (exact) mass is 283 g/mol. The van der Waals surface area contributed by atoms with Crippen molar-refractivity contribution in [2.45, 2.75) is 6.54 Å². The average Bonchev–Trinajstić information content (AvgIpc) is 2.78. The summed E-state index contributed by atoms with van der Waals surface area (Å²) in [5, 5.41) is 3.82. The van der Waals surface area contributed by atoms with Gasteiger partial charge in [0.25, 0.3) is 0 Å². The maximum absolute atomic E-state index is 6.07. The Morgan fingerprint density at radius 3 is 2.94 bits per heavy atom. The molecule has 0 aliphatic carbocycles. The second-order valence-electron chi connectivity index (χ2n) is 3.38. The highest BCUT2D eigenvalue weighted by molar-refractivity contribution is 7.80. The van der Waals surface area contributed by atoms with E-state index in [2.05, 4.69) is 10.3 Å². The van der Waals surface area contributed by atoms with E-state index >= 15 is 0 Å². The molecule has 0 aliphatic rings. The van der Waals surface area contributed by atoms with Crippen molar-refractivity contribution < 1.29 is 0 Å². The van der Waals surface area contributed by atoms with Crippen LogP contribution in [0.4, 0.5) is 5.69 Å². The minimum absolute atomic E-state index is 0.309. The van der Waals surface area contributed by atoms with Gasteiger partial charge in [-0.3, -0.25) is 4.98 Å². The molecule has 0 atom stereocenters. The van der Waals surface area contributed by atoms with Crippen LogP contribution < -0.4 is 11.1 Å². The van der Waals surface area contributed by atoms with Gasteiger partial charge < -0.3 is 11.1 Å². The molecule has 0 radical (unpaired) electrons. The number of rotatable bonds is 4. The lowest BCUT2D eigenvalue weighted by Crippen LogP contribution is -2.10. The molecule has 0 bridgehead atoms. The van der Waals surface area contributed by atoms with Crippen molar-refractivity contribution in [2.75, 3.05) is 5.32 Å². The summed E-state index contributed by atoms with van der Waals surface area (Å²) in [6, 6.07) is 5.54. The largest absolute Gasteiger partial charge is 0.389 e. The van der Waals surface area contributed by atoms with Gasteiger partial charge in [0, 0.05) is 22.3 Å². The van der Waals surface area contributed by atoms with Gasteiger partial charge in [-0.15, -0.1) is 11.3 Å². The zero-order chi connectivity index (χ0) is 12.3. The highest BCUT2D eigenvalue weighted by Crippen LogP contribution is 2.21. The number of hydrogen-bond donors (Lipinski definition) is 2. The molecule has 2 rings (SSSR count). The molecule has 3 nitrogen and oxygen atoms in total. The molecule has 0 saturated heterocycles. The zero-order valence-corrected chi connectivity index (χ0v) is 11.2. The van der Waals surface area contributed by atoms with E-state index in [1.165, 1.54) is 4.88 Å². The Balaban J connectivity index is 2.07. The number of nitrogens with one attached hydrogen (secondary N) is 1. The van der Waals surface area contributed by atoms with Crippen LogP contribution in [0.5, 0.6) is 0 Å². The van der Waals surface area contributed by atoms with Crippen molar-refractivity contribution in [3.05, 3.63) is 45.4 Å². The predicted octanol–water partition coefficient (Wildman–Crippen LogP) is 3.04. The minimum Gasteiger partial charge on any atom is -0.389 e. The molecular formula is C11H10ClN3S2. The van der Waals surface area contributed by atoms with Crippen LogP contribution in [0.25, 0.3) is 0 Å². The summed E-state index contributed by atoms with van der Waals surface area (Å²) in [6.45, 7) is 0.730. The van der Waals surface area contributed by atoms with Gasteiger partial charge in [0.2, 0.25) is 0 Å². The maximum Gasteiger partial charge on any atom is 0.105 e. The Bertz CT molecular complexity index is 526. The summed E-state index contributed by atoms with van der Waals surface area (Å²) < 4.78 is 0. The van der Waals surface area contributed by atoms with Crippen molar-refractivity contribution in [3.8, 4) is 0 Å². The summed E-state index contributed by atoms with van der Waals surface area (Å²) in [7, 11) is 0. The van der Waals surface area contributed by atoms with Gasteiger partial charge in [0.1, 0.15) is 4.99 Å². The van der Waals surface area contributed by atoms with Crippen molar-refractivity contribution in [1.82, 2.24) is 4.98 Å². The van der Waals surface area contributed by atoms with E-state index in [0.29, 0.717) is 15.6 Å². The summed E-state index contributed by atoms with van der Waals surface area (Å²) in [6.07, 6.45) is 1.84. The fraction of sp³-hybridized carbons (Fsp3) is 0.0909. The molecule has 0 unspecified atom stereocenters. The van der Waals surface area contributed by atoms with E-state index in [0.717, 1.165) is 12.2 Å². The third-order valence-electron chi connectivity index (χ3n) is 2.18. The number of halogens is 1. The second-order valence-corrected chi connectivity index (χ2v) is 5.20. The predicted molar refractivity (Wildman–Crippen MR) is 76.8 cm³/mol. The van der Waals surface area contributed by atoms with Crippen LogP contribution in [0.3, 0.4) is 0 Å². The molecule has 17 heavy (non-hydrogen) atoms. The van der Waals surface area contributed by atoms with Gasteiger partial charge >= 0.3 is 0 Å². The van der Waals surface area contributed by atoms with Crippen LogP contribution in [0.2, 0.25) is 5.02 Å². The van der Waals surface area contributed by atoms with E-state index in [4.69, 9.17) is 29.6 Å². The molecule has 0 amide bonds. The van der Waals surface area contributed by atoms with E-state index in [-0.39, 0.29) is 0 Å². The first-order chi connectivity index (χ1) is 8.16. The van der Waals surface area contributed by atoms with E-state index in [1.54, 1.807) is 16.8 Å². The zero-order valence-electron chi connectivity index (χ0n) is 8.81. The summed E-state index contributed by atoms with van der Waals surface area (Å²) in [4.78, 5) is 5.48. The lowest BCUT2D eigenvalue weighted by molar-refractivity contribution is 1.17. The quantitative estimate of drug-likeness (QED) is 0.847. The van der Waals surface area contributed by atoms with Crippen LogP contribution in [0.15, 0.2) is 29.9 Å². The first-order valence-corrected chi connectivity index (χ1v) is 6.54. The molecular weight excluding hydrogens is 274 g/mol. The van der Waals surface area contributed by atoms with Crippen LogP contribution >= 0.6 is 35.2 Å². The molecule has 1 aromatic carbocycles. The van der Waals surface area contributed by atoms with Gasteiger partial charge in [0.15, 0.2) is 0 Å². The summed E-state index contributed by atoms with van der Waals surface area (Å²) in [5.41, 5.74) is 8.97. The molecule has 0 spiro atoms. The van der Waals surface area contributed by atoms with Crippen molar-refractivity contribution in [2.24, 2.45) is 5.73 Å². The summed E-state index contributed by atoms with van der Waals surface area (Å²) >= 11 is 12.6. The van der Waals surface area contributed by atoms with Gasteiger partial charge in [-0.1, -0.05) is 23.8 Å². The lowest BCUT2D eigenvalue weighted by atomic mass is 10.2. The fourth-order valence-corrected chi connectivity index (χ4v) is 2.39. The molecule has 3 N–H and O–H groups in total. The van der Waals surface area contributed by atoms with E-state index in [1.807, 2.05) is 24.4 Å². The number of anilines is 1. The standard InChI is InChI=1S/C11H10ClN3S2/c12-10-3-7(1-2-9(10)11(13)16)15-5-8-4-14-6-17-8/h1-4,6,15H,5H2,(H2,13,16). The molecule has 2 aromatic rings. The SMILES string of the molecule is NC(=S)c1ccc(NCc2cncs2)cc1Cl. The average molecular weight is 284 g/mol. The van der Waals surface area contributed by atoms with E-state index < -0.39 is 0 Å². The molecule has 1 heterocycles. The number of thiocarbonyl (C=S) groups is 1. The summed E-state index contributed by atoms with van der Waals surface area (Å²) in [5.74, 6) is 0. The number of benzene rings is 1. The van der Waals surface area contributed by atoms with Crippen molar-refractivity contribution >= 4 is 45.8 Å². The number of aromatic nitrogens is 1. The van der Waals surface area contributed by atoms with Crippen LogP contribution in [-0.2, 0) is 6.54 Å². The highest BCUT2D eigenvalue weighted by atomic mass is 35.5. The minimum atomic E-state index is 0.309. The molecule has 6 heteroatoms. The maximum atomic E-state index is 6.07. The smallest absolute Gasteiger partial charge is 0.105 e. The van der Waals surface area contributed by atoms with Gasteiger partial charge in [0.05, 0.1) is 17.1 Å². The normalized spacial score (nSPS) is 10.2. The molecule has 0 saturated carbocycles. The van der Waals surface area contributed by atoms with E-state index in [9.17, 15) is 0 Å². The van der Waals surface area contributed by atoms with Gasteiger partial charge in [-0.25, -0.2) is 0 Å². The Hall–Kier alpha value is -1.17. The van der Waals surface area contributed by atoms with Crippen LogP contribution in [0.1, 0.15) is 10.4 Å². The number of thiazole rings is 1. The Morgan fingerprint density at radius 2 is 2.35 bits per heavy atom. The third kappa shape index (κ3) is 3.15. The molecule has 1 aromatic heterocycles. The molecule has 0 fully saturated rings. The Morgan fingerprint density at radius 1 is 1.53 bits per heavy atom. The Kier molecular flexibility index (Phi) is 3.93. The van der Waals surface area contributed by atoms with Crippen LogP contribution in [-0.4, -0.2) is 9.97 Å². The second kappa shape index (κ2) is 5.44. The van der Waals surface area contributed by atoms with Gasteiger partial charge in [-0.05, 0) is 18.2 Å². The lowest BCUT2D eigenvalue weighted by Gasteiger charge is -2.07. The van der Waals surface area contributed by atoms with Crippen molar-refractivity contribution in [1.29, 1.82) is 0 Å². The molecule has 88 valence electrons. The topological polar surface area (TPSA) is 50.9 Å². The number of hydrogen-bond acceptors (Lipinski definition) is 4. The Labute approximate surface area is 114 Å². The van der Waals surface area contributed by atoms with Gasteiger partial charge in [-0.2, -0.15) is 0 Å². The third-order valence-corrected chi connectivity index (χ3v) is 3.50. The number of nitrogens with zero attached hydrogens (tertiary/aromatic N) is 1. The molecule has 0 aliphatic heterocycles.